The summed E-state index contributed by atoms with van der Waals surface area (Å²) in [4.78, 5) is 11.3. The minimum atomic E-state index is 0.201. The number of rotatable bonds is 8. The van der Waals surface area contributed by atoms with Gasteiger partial charge in [0.2, 0.25) is 5.91 Å². The van der Waals surface area contributed by atoms with Crippen molar-refractivity contribution in [2.45, 2.75) is 45.4 Å². The fourth-order valence-electron chi connectivity index (χ4n) is 1.75. The van der Waals surface area contributed by atoms with Crippen molar-refractivity contribution in [1.82, 2.24) is 5.32 Å². The van der Waals surface area contributed by atoms with Gasteiger partial charge in [0.25, 0.3) is 0 Å². The predicted molar refractivity (Wildman–Crippen MR) is 71.9 cm³/mol. The first-order valence-corrected chi connectivity index (χ1v) is 6.63. The zero-order valence-corrected chi connectivity index (χ0v) is 10.7. The zero-order chi connectivity index (χ0) is 12.3. The van der Waals surface area contributed by atoms with E-state index >= 15 is 0 Å². The number of hydrogen-bond acceptors (Lipinski definition) is 1. The fourth-order valence-corrected chi connectivity index (χ4v) is 1.75. The van der Waals surface area contributed by atoms with Crippen LogP contribution in [0, 0.1) is 0 Å². The molecule has 0 fully saturated rings. The van der Waals surface area contributed by atoms with Gasteiger partial charge in [0.15, 0.2) is 0 Å². The van der Waals surface area contributed by atoms with Crippen molar-refractivity contribution in [2.75, 3.05) is 6.54 Å². The summed E-state index contributed by atoms with van der Waals surface area (Å²) in [5, 5.41) is 2.96. The number of carbonyl (C=O) groups excluding carboxylic acids is 1. The molecular formula is C15H23NO. The minimum absolute atomic E-state index is 0.201. The summed E-state index contributed by atoms with van der Waals surface area (Å²) in [7, 11) is 0. The molecule has 0 saturated heterocycles. The van der Waals surface area contributed by atoms with Crippen LogP contribution in [0.4, 0.5) is 0 Å². The first kappa shape index (κ1) is 13.8. The van der Waals surface area contributed by atoms with Crippen LogP contribution in [0.3, 0.4) is 0 Å². The van der Waals surface area contributed by atoms with Gasteiger partial charge >= 0.3 is 0 Å². The number of hydrogen-bond donors (Lipinski definition) is 1. The SMILES string of the molecule is CCCCC(=O)NCCCCc1ccccc1. The highest BCUT2D eigenvalue weighted by molar-refractivity contribution is 5.75. The monoisotopic (exact) mass is 233 g/mol. The summed E-state index contributed by atoms with van der Waals surface area (Å²) in [6.45, 7) is 2.92. The van der Waals surface area contributed by atoms with Gasteiger partial charge in [-0.05, 0) is 31.2 Å². The molecule has 0 spiro atoms. The van der Waals surface area contributed by atoms with Gasteiger partial charge in [0.1, 0.15) is 0 Å². The van der Waals surface area contributed by atoms with Gasteiger partial charge in [-0.25, -0.2) is 0 Å². The Labute approximate surface area is 104 Å². The first-order chi connectivity index (χ1) is 8.33. The maximum Gasteiger partial charge on any atom is 0.219 e. The van der Waals surface area contributed by atoms with Gasteiger partial charge in [-0.2, -0.15) is 0 Å². The van der Waals surface area contributed by atoms with Gasteiger partial charge in [-0.1, -0.05) is 43.7 Å². The predicted octanol–water partition coefficient (Wildman–Crippen LogP) is 3.32. The number of aryl methyl sites for hydroxylation is 1. The second-order valence-corrected chi connectivity index (χ2v) is 4.40. The van der Waals surface area contributed by atoms with Crippen molar-refractivity contribution in [3.05, 3.63) is 35.9 Å². The van der Waals surface area contributed by atoms with Crippen molar-refractivity contribution in [3.63, 3.8) is 0 Å². The normalized spacial score (nSPS) is 10.2. The molecule has 0 saturated carbocycles. The van der Waals surface area contributed by atoms with E-state index in [0.29, 0.717) is 6.42 Å². The molecule has 17 heavy (non-hydrogen) atoms. The standard InChI is InChI=1S/C15H23NO/c1-2-3-12-15(17)16-13-8-7-11-14-9-5-4-6-10-14/h4-6,9-10H,2-3,7-8,11-13H2,1H3,(H,16,17). The second-order valence-electron chi connectivity index (χ2n) is 4.40. The Morgan fingerprint density at radius 1 is 1.12 bits per heavy atom. The van der Waals surface area contributed by atoms with Crippen LogP contribution >= 0.6 is 0 Å². The molecule has 0 aliphatic rings. The molecule has 1 aromatic carbocycles. The highest BCUT2D eigenvalue weighted by Gasteiger charge is 1.98. The molecule has 0 heterocycles. The lowest BCUT2D eigenvalue weighted by atomic mass is 10.1. The van der Waals surface area contributed by atoms with E-state index < -0.39 is 0 Å². The molecule has 0 aliphatic heterocycles. The Kier molecular flexibility index (Phi) is 7.12. The van der Waals surface area contributed by atoms with E-state index in [4.69, 9.17) is 0 Å². The first-order valence-electron chi connectivity index (χ1n) is 6.63. The van der Waals surface area contributed by atoms with Crippen LogP contribution in [-0.4, -0.2) is 12.5 Å². The summed E-state index contributed by atoms with van der Waals surface area (Å²) >= 11 is 0. The number of nitrogens with one attached hydrogen (secondary N) is 1. The smallest absolute Gasteiger partial charge is 0.219 e. The molecule has 1 N–H and O–H groups in total. The van der Waals surface area contributed by atoms with E-state index in [2.05, 4.69) is 36.5 Å². The number of carbonyl (C=O) groups is 1. The average Bonchev–Trinajstić information content (AvgIpc) is 2.37. The van der Waals surface area contributed by atoms with Gasteiger partial charge in [-0.15, -0.1) is 0 Å². The number of unbranched alkanes of at least 4 members (excludes halogenated alkanes) is 2. The number of amides is 1. The highest BCUT2D eigenvalue weighted by Crippen LogP contribution is 2.03. The van der Waals surface area contributed by atoms with Crippen LogP contribution in [0.25, 0.3) is 0 Å². The van der Waals surface area contributed by atoms with Crippen LogP contribution in [0.5, 0.6) is 0 Å². The van der Waals surface area contributed by atoms with E-state index in [0.717, 1.165) is 38.6 Å². The van der Waals surface area contributed by atoms with Crippen LogP contribution in [0.1, 0.15) is 44.6 Å². The molecule has 0 unspecified atom stereocenters. The van der Waals surface area contributed by atoms with Crippen molar-refractivity contribution < 1.29 is 4.79 Å². The highest BCUT2D eigenvalue weighted by atomic mass is 16.1. The summed E-state index contributed by atoms with van der Waals surface area (Å²) < 4.78 is 0. The molecule has 1 rings (SSSR count). The third-order valence-corrected chi connectivity index (χ3v) is 2.81. The Bertz CT molecular complexity index is 308. The van der Waals surface area contributed by atoms with Crippen molar-refractivity contribution in [2.24, 2.45) is 0 Å². The molecule has 0 radical (unpaired) electrons. The van der Waals surface area contributed by atoms with E-state index in [-0.39, 0.29) is 5.91 Å². The summed E-state index contributed by atoms with van der Waals surface area (Å²) in [6.07, 6.45) is 6.06. The largest absolute Gasteiger partial charge is 0.356 e. The molecule has 0 bridgehead atoms. The molecule has 0 aromatic heterocycles. The Morgan fingerprint density at radius 3 is 2.59 bits per heavy atom. The Morgan fingerprint density at radius 2 is 1.88 bits per heavy atom. The molecule has 2 nitrogen and oxygen atoms in total. The molecule has 0 aliphatic carbocycles. The van der Waals surface area contributed by atoms with E-state index in [1.54, 1.807) is 0 Å². The molecule has 0 atom stereocenters. The van der Waals surface area contributed by atoms with Gasteiger partial charge in [0.05, 0.1) is 0 Å². The zero-order valence-electron chi connectivity index (χ0n) is 10.7. The lowest BCUT2D eigenvalue weighted by molar-refractivity contribution is -0.121. The van der Waals surface area contributed by atoms with Crippen LogP contribution in [0.15, 0.2) is 30.3 Å². The molecule has 1 aromatic rings. The summed E-state index contributed by atoms with van der Waals surface area (Å²) in [6, 6.07) is 10.5. The van der Waals surface area contributed by atoms with Gasteiger partial charge in [0, 0.05) is 13.0 Å². The second kappa shape index (κ2) is 8.80. The van der Waals surface area contributed by atoms with Crippen molar-refractivity contribution in [1.29, 1.82) is 0 Å². The molecule has 1 amide bonds. The van der Waals surface area contributed by atoms with Gasteiger partial charge in [-0.3, -0.25) is 4.79 Å². The molecule has 94 valence electrons. The molecular weight excluding hydrogens is 210 g/mol. The average molecular weight is 233 g/mol. The third kappa shape index (κ3) is 6.77. The number of benzene rings is 1. The minimum Gasteiger partial charge on any atom is -0.356 e. The lowest BCUT2D eigenvalue weighted by Crippen LogP contribution is -2.23. The van der Waals surface area contributed by atoms with E-state index in [1.165, 1.54) is 5.56 Å². The summed E-state index contributed by atoms with van der Waals surface area (Å²) in [5.41, 5.74) is 1.38. The van der Waals surface area contributed by atoms with Crippen LogP contribution in [-0.2, 0) is 11.2 Å². The topological polar surface area (TPSA) is 29.1 Å². The quantitative estimate of drug-likeness (QED) is 0.686. The maximum absolute atomic E-state index is 11.3. The van der Waals surface area contributed by atoms with Crippen molar-refractivity contribution in [3.8, 4) is 0 Å². The van der Waals surface area contributed by atoms with Crippen LogP contribution in [0.2, 0.25) is 0 Å². The molecule has 2 heteroatoms. The van der Waals surface area contributed by atoms with Crippen molar-refractivity contribution >= 4 is 5.91 Å². The van der Waals surface area contributed by atoms with Gasteiger partial charge < -0.3 is 5.32 Å². The maximum atomic E-state index is 11.3. The Hall–Kier alpha value is -1.31. The summed E-state index contributed by atoms with van der Waals surface area (Å²) in [5.74, 6) is 0.201. The van der Waals surface area contributed by atoms with E-state index in [9.17, 15) is 4.79 Å². The van der Waals surface area contributed by atoms with Crippen LogP contribution < -0.4 is 5.32 Å². The lowest BCUT2D eigenvalue weighted by Gasteiger charge is -2.04. The fraction of sp³-hybridized carbons (Fsp3) is 0.533. The third-order valence-electron chi connectivity index (χ3n) is 2.81. The van der Waals surface area contributed by atoms with E-state index in [1.807, 2.05) is 6.07 Å². The Balaban J connectivity index is 1.99.